The number of likely N-dealkylation sites (N-methyl/N-ethyl adjacent to an activating group) is 1. The van der Waals surface area contributed by atoms with Crippen molar-refractivity contribution in [3.63, 3.8) is 0 Å². The zero-order valence-corrected chi connectivity index (χ0v) is 17.7. The van der Waals surface area contributed by atoms with Gasteiger partial charge < -0.3 is 19.1 Å². The summed E-state index contributed by atoms with van der Waals surface area (Å²) < 4.78 is 18.4. The smallest absolute Gasteiger partial charge is 0.246 e. The molecule has 3 aromatic rings. The molecule has 0 saturated heterocycles. The van der Waals surface area contributed by atoms with Crippen molar-refractivity contribution >= 4 is 12.0 Å². The molecule has 1 amide bonds. The lowest BCUT2D eigenvalue weighted by Gasteiger charge is -2.24. The van der Waals surface area contributed by atoms with Crippen LogP contribution in [0.3, 0.4) is 0 Å². The van der Waals surface area contributed by atoms with Crippen molar-refractivity contribution < 1.29 is 19.0 Å². The zero-order valence-electron chi connectivity index (χ0n) is 17.7. The van der Waals surface area contributed by atoms with Crippen molar-refractivity contribution in [1.82, 2.24) is 19.7 Å². The van der Waals surface area contributed by atoms with E-state index in [1.165, 1.54) is 6.33 Å². The van der Waals surface area contributed by atoms with Crippen LogP contribution in [-0.4, -0.2) is 52.9 Å². The zero-order chi connectivity index (χ0) is 21.8. The SMILES string of the molecule is COc1cc(C=CC(=O)N(C)C(C)c2ccc(-n3cncn3)cc2)cc2c1OCCO2. The third-order valence-corrected chi connectivity index (χ3v) is 5.26. The fraction of sp³-hybridized carbons (Fsp3) is 0.261. The number of benzene rings is 2. The van der Waals surface area contributed by atoms with E-state index in [1.807, 2.05) is 43.3 Å². The molecular weight excluding hydrogens is 396 g/mol. The lowest BCUT2D eigenvalue weighted by Crippen LogP contribution is -2.28. The maximum absolute atomic E-state index is 12.8. The predicted octanol–water partition coefficient (Wildman–Crippen LogP) is 3.28. The van der Waals surface area contributed by atoms with Gasteiger partial charge in [0.15, 0.2) is 11.5 Å². The number of carbonyl (C=O) groups excluding carboxylic acids is 1. The van der Waals surface area contributed by atoms with Crippen LogP contribution in [0.1, 0.15) is 24.1 Å². The molecule has 0 saturated carbocycles. The maximum atomic E-state index is 12.8. The van der Waals surface area contributed by atoms with Crippen LogP contribution >= 0.6 is 0 Å². The van der Waals surface area contributed by atoms with E-state index in [-0.39, 0.29) is 11.9 Å². The number of fused-ring (bicyclic) bond motifs is 1. The lowest BCUT2D eigenvalue weighted by atomic mass is 10.1. The van der Waals surface area contributed by atoms with Crippen LogP contribution in [0.25, 0.3) is 11.8 Å². The number of hydrogen-bond donors (Lipinski definition) is 0. The summed E-state index contributed by atoms with van der Waals surface area (Å²) in [5, 5.41) is 4.12. The maximum Gasteiger partial charge on any atom is 0.246 e. The number of amides is 1. The number of methoxy groups -OCH3 is 1. The van der Waals surface area contributed by atoms with Crippen molar-refractivity contribution in [1.29, 1.82) is 0 Å². The van der Waals surface area contributed by atoms with Gasteiger partial charge in [-0.3, -0.25) is 4.79 Å². The third kappa shape index (κ3) is 4.37. The summed E-state index contributed by atoms with van der Waals surface area (Å²) in [5.41, 5.74) is 2.73. The lowest BCUT2D eigenvalue weighted by molar-refractivity contribution is -0.126. The van der Waals surface area contributed by atoms with Gasteiger partial charge in [0, 0.05) is 13.1 Å². The number of ether oxygens (including phenoxy) is 3. The Bertz CT molecular complexity index is 1060. The first-order valence-corrected chi connectivity index (χ1v) is 9.94. The minimum absolute atomic E-state index is 0.100. The van der Waals surface area contributed by atoms with Gasteiger partial charge in [0.1, 0.15) is 25.9 Å². The van der Waals surface area contributed by atoms with Gasteiger partial charge in [-0.05, 0) is 48.4 Å². The predicted molar refractivity (Wildman–Crippen MR) is 116 cm³/mol. The molecule has 0 N–H and O–H groups in total. The van der Waals surface area contributed by atoms with E-state index in [4.69, 9.17) is 14.2 Å². The molecule has 0 spiro atoms. The van der Waals surface area contributed by atoms with Crippen molar-refractivity contribution in [3.8, 4) is 22.9 Å². The minimum Gasteiger partial charge on any atom is -0.493 e. The quantitative estimate of drug-likeness (QED) is 0.570. The first-order chi connectivity index (χ1) is 15.1. The average molecular weight is 420 g/mol. The Morgan fingerprint density at radius 1 is 1.23 bits per heavy atom. The molecule has 4 rings (SSSR count). The molecular formula is C23H24N4O4. The highest BCUT2D eigenvalue weighted by Crippen LogP contribution is 2.40. The molecule has 2 heterocycles. The molecule has 1 aliphatic rings. The molecule has 0 aliphatic carbocycles. The highest BCUT2D eigenvalue weighted by atomic mass is 16.6. The van der Waals surface area contributed by atoms with E-state index in [9.17, 15) is 4.79 Å². The van der Waals surface area contributed by atoms with Gasteiger partial charge in [-0.2, -0.15) is 5.10 Å². The van der Waals surface area contributed by atoms with Crippen molar-refractivity contribution in [2.45, 2.75) is 13.0 Å². The molecule has 2 aromatic carbocycles. The topological polar surface area (TPSA) is 78.7 Å². The Kier molecular flexibility index (Phi) is 5.88. The molecule has 8 heteroatoms. The second kappa shape index (κ2) is 8.91. The minimum atomic E-state index is -0.110. The van der Waals surface area contributed by atoms with Gasteiger partial charge in [0.25, 0.3) is 0 Å². The molecule has 1 aromatic heterocycles. The van der Waals surface area contributed by atoms with E-state index < -0.39 is 0 Å². The van der Waals surface area contributed by atoms with Crippen LogP contribution in [-0.2, 0) is 4.79 Å². The van der Waals surface area contributed by atoms with Gasteiger partial charge in [-0.25, -0.2) is 9.67 Å². The summed E-state index contributed by atoms with van der Waals surface area (Å²) in [6.45, 7) is 2.96. The van der Waals surface area contributed by atoms with Crippen LogP contribution in [0.2, 0.25) is 0 Å². The van der Waals surface area contributed by atoms with Crippen LogP contribution in [0, 0.1) is 0 Å². The summed E-state index contributed by atoms with van der Waals surface area (Å²) >= 11 is 0. The Morgan fingerprint density at radius 3 is 2.71 bits per heavy atom. The Hall–Kier alpha value is -3.81. The average Bonchev–Trinajstić information content (AvgIpc) is 3.36. The largest absolute Gasteiger partial charge is 0.493 e. The van der Waals surface area contributed by atoms with Crippen LogP contribution in [0.15, 0.2) is 55.1 Å². The molecule has 0 bridgehead atoms. The fourth-order valence-corrected chi connectivity index (χ4v) is 3.34. The summed E-state index contributed by atoms with van der Waals surface area (Å²) in [6, 6.07) is 11.4. The summed E-state index contributed by atoms with van der Waals surface area (Å²) in [6.07, 6.45) is 6.43. The molecule has 31 heavy (non-hydrogen) atoms. The number of carbonyl (C=O) groups is 1. The van der Waals surface area contributed by atoms with Crippen LogP contribution in [0.4, 0.5) is 0 Å². The van der Waals surface area contributed by atoms with Crippen LogP contribution in [0.5, 0.6) is 17.2 Å². The van der Waals surface area contributed by atoms with Crippen molar-refractivity contribution in [3.05, 3.63) is 66.3 Å². The molecule has 1 atom stereocenters. The summed E-state index contributed by atoms with van der Waals surface area (Å²) in [5.74, 6) is 1.68. The first-order valence-electron chi connectivity index (χ1n) is 9.94. The monoisotopic (exact) mass is 420 g/mol. The van der Waals surface area contributed by atoms with Crippen molar-refractivity contribution in [2.24, 2.45) is 0 Å². The first kappa shape index (κ1) is 20.5. The summed E-state index contributed by atoms with van der Waals surface area (Å²) in [7, 11) is 3.36. The van der Waals surface area contributed by atoms with Gasteiger partial charge in [0.2, 0.25) is 11.7 Å². The molecule has 8 nitrogen and oxygen atoms in total. The summed E-state index contributed by atoms with van der Waals surface area (Å²) in [4.78, 5) is 18.4. The fourth-order valence-electron chi connectivity index (χ4n) is 3.34. The van der Waals surface area contributed by atoms with E-state index >= 15 is 0 Å². The standard InChI is InChI=1S/C23H24N4O4/c1-16(18-5-7-19(8-6-18)27-15-24-14-25-27)26(2)22(28)9-4-17-12-20(29-3)23-21(13-17)30-10-11-31-23/h4-9,12-16H,10-11H2,1-3H3. The van der Waals surface area contributed by atoms with Gasteiger partial charge >= 0.3 is 0 Å². The molecule has 0 fully saturated rings. The number of nitrogens with zero attached hydrogens (tertiary/aromatic N) is 4. The highest BCUT2D eigenvalue weighted by Gasteiger charge is 2.19. The molecule has 1 unspecified atom stereocenters. The van der Waals surface area contributed by atoms with Crippen LogP contribution < -0.4 is 14.2 Å². The van der Waals surface area contributed by atoms with Gasteiger partial charge in [-0.15, -0.1) is 0 Å². The van der Waals surface area contributed by atoms with Gasteiger partial charge in [-0.1, -0.05) is 12.1 Å². The van der Waals surface area contributed by atoms with Crippen molar-refractivity contribution in [2.75, 3.05) is 27.4 Å². The highest BCUT2D eigenvalue weighted by molar-refractivity contribution is 5.92. The molecule has 0 radical (unpaired) electrons. The molecule has 160 valence electrons. The van der Waals surface area contributed by atoms with Gasteiger partial charge in [0.05, 0.1) is 18.8 Å². The normalized spacial score (nSPS) is 13.8. The van der Waals surface area contributed by atoms with E-state index in [0.29, 0.717) is 30.5 Å². The number of rotatable bonds is 6. The van der Waals surface area contributed by atoms with E-state index in [0.717, 1.165) is 16.8 Å². The number of hydrogen-bond acceptors (Lipinski definition) is 6. The Balaban J connectivity index is 1.46. The third-order valence-electron chi connectivity index (χ3n) is 5.26. The second-order valence-corrected chi connectivity index (χ2v) is 7.14. The van der Waals surface area contributed by atoms with E-state index in [2.05, 4.69) is 10.1 Å². The Labute approximate surface area is 180 Å². The number of aromatic nitrogens is 3. The van der Waals surface area contributed by atoms with E-state index in [1.54, 1.807) is 42.2 Å². The second-order valence-electron chi connectivity index (χ2n) is 7.14. The molecule has 1 aliphatic heterocycles. The Morgan fingerprint density at radius 2 is 2.00 bits per heavy atom.